The van der Waals surface area contributed by atoms with Gasteiger partial charge in [-0.25, -0.2) is 0 Å². The summed E-state index contributed by atoms with van der Waals surface area (Å²) in [5, 5.41) is 3.81. The topological polar surface area (TPSA) is 78.0 Å². The van der Waals surface area contributed by atoms with Crippen LogP contribution in [0, 0.1) is 17.3 Å². The lowest BCUT2D eigenvalue weighted by molar-refractivity contribution is -0.144. The monoisotopic (exact) mass is 657 g/mol. The minimum atomic E-state index is -4.51. The highest BCUT2D eigenvalue weighted by atomic mass is 32.1. The quantitative estimate of drug-likeness (QED) is 0.460. The van der Waals surface area contributed by atoms with E-state index >= 15 is 0 Å². The van der Waals surface area contributed by atoms with Crippen molar-refractivity contribution in [2.45, 2.75) is 70.3 Å². The average Bonchev–Trinajstić information content (AvgIpc) is 3.59. The van der Waals surface area contributed by atoms with Crippen LogP contribution >= 0.6 is 12.2 Å². The molecule has 12 heteroatoms. The van der Waals surface area contributed by atoms with Gasteiger partial charge in [0.25, 0.3) is 0 Å². The summed E-state index contributed by atoms with van der Waals surface area (Å²) in [7, 11) is 1.82. The molecule has 1 aliphatic carbocycles. The van der Waals surface area contributed by atoms with Crippen LogP contribution in [-0.4, -0.2) is 88.6 Å². The zero-order chi connectivity index (χ0) is 32.6. The van der Waals surface area contributed by atoms with Crippen LogP contribution in [0.15, 0.2) is 42.6 Å². The Kier molecular flexibility index (Phi) is 9.31. The highest BCUT2D eigenvalue weighted by molar-refractivity contribution is 7.80. The van der Waals surface area contributed by atoms with E-state index in [-0.39, 0.29) is 42.3 Å². The Labute approximate surface area is 273 Å². The number of nitrogens with one attached hydrogen (secondary N) is 1. The Hall–Kier alpha value is -3.25. The Morgan fingerprint density at radius 2 is 2.00 bits per heavy atom. The molecule has 1 aromatic carbocycles. The van der Waals surface area contributed by atoms with Crippen molar-refractivity contribution in [3.63, 3.8) is 0 Å². The second-order valence-electron chi connectivity index (χ2n) is 13.4. The molecule has 4 heterocycles. The number of ether oxygens (including phenoxy) is 1. The summed E-state index contributed by atoms with van der Waals surface area (Å²) in [6, 6.07) is 11.1. The maximum atomic E-state index is 14.7. The highest BCUT2D eigenvalue weighted by Crippen LogP contribution is 2.52. The minimum absolute atomic E-state index is 0.0170. The van der Waals surface area contributed by atoms with Gasteiger partial charge in [-0.1, -0.05) is 37.3 Å². The van der Waals surface area contributed by atoms with Gasteiger partial charge in [0.2, 0.25) is 11.8 Å². The molecule has 4 aliphatic rings. The van der Waals surface area contributed by atoms with Crippen molar-refractivity contribution in [3.05, 3.63) is 65.0 Å². The van der Waals surface area contributed by atoms with Crippen LogP contribution in [0.1, 0.15) is 55.0 Å². The van der Waals surface area contributed by atoms with Crippen molar-refractivity contribution in [1.82, 2.24) is 25.0 Å². The van der Waals surface area contributed by atoms with E-state index in [2.05, 4.69) is 22.1 Å². The summed E-state index contributed by atoms with van der Waals surface area (Å²) in [6.07, 6.45) is -0.236. The summed E-state index contributed by atoms with van der Waals surface area (Å²) in [5.41, 5.74) is 0.450. The first-order valence-electron chi connectivity index (χ1n) is 16.2. The predicted octanol–water partition coefficient (Wildman–Crippen LogP) is 4.46. The van der Waals surface area contributed by atoms with E-state index in [9.17, 15) is 22.8 Å². The molecule has 2 aromatic rings. The fraction of sp³-hybridized carbons (Fsp3) is 0.588. The van der Waals surface area contributed by atoms with Crippen LogP contribution in [0.25, 0.3) is 0 Å². The molecule has 46 heavy (non-hydrogen) atoms. The Morgan fingerprint density at radius 1 is 1.22 bits per heavy atom. The number of pyridine rings is 1. The number of aryl methyl sites for hydroxylation is 1. The third-order valence-corrected chi connectivity index (χ3v) is 11.0. The normalized spacial score (nSPS) is 27.6. The second-order valence-corrected chi connectivity index (χ2v) is 13.8. The molecule has 5 atom stereocenters. The van der Waals surface area contributed by atoms with E-state index in [0.717, 1.165) is 24.2 Å². The van der Waals surface area contributed by atoms with E-state index in [1.165, 1.54) is 0 Å². The molecule has 2 amide bonds. The van der Waals surface area contributed by atoms with Gasteiger partial charge in [-0.3, -0.25) is 14.6 Å². The lowest BCUT2D eigenvalue weighted by Gasteiger charge is -2.44. The maximum absolute atomic E-state index is 14.7. The molecule has 2 unspecified atom stereocenters. The number of aromatic nitrogens is 1. The molecule has 2 saturated heterocycles. The van der Waals surface area contributed by atoms with Gasteiger partial charge in [0.05, 0.1) is 17.6 Å². The molecular weight excluding hydrogens is 615 g/mol. The number of nitrogens with zero attached hydrogens (tertiary/aromatic N) is 4. The zero-order valence-electron chi connectivity index (χ0n) is 26.4. The van der Waals surface area contributed by atoms with Gasteiger partial charge >= 0.3 is 6.18 Å². The van der Waals surface area contributed by atoms with Crippen LogP contribution in [0.2, 0.25) is 0 Å². The Balaban J connectivity index is 1.27. The van der Waals surface area contributed by atoms with Crippen molar-refractivity contribution in [2.75, 3.05) is 39.9 Å². The third-order valence-electron chi connectivity index (χ3n) is 10.5. The number of hydrogen-bond acceptors (Lipinski definition) is 5. The molecular formula is C34H42F3N5O3S. The molecule has 6 rings (SSSR count). The van der Waals surface area contributed by atoms with Crippen LogP contribution in [0.5, 0.6) is 0 Å². The lowest BCUT2D eigenvalue weighted by Crippen LogP contribution is -2.55. The first kappa shape index (κ1) is 32.7. The molecule has 0 spiro atoms. The van der Waals surface area contributed by atoms with Crippen LogP contribution in [0.4, 0.5) is 13.2 Å². The molecule has 1 N–H and O–H groups in total. The lowest BCUT2D eigenvalue weighted by atomic mass is 9.78. The standard InChI is InChI=1S/C34H42F3N5O3S/c1-22-20-45-13-11-29(22)42(32(46)38-2)27-15-26-19-41(30(43)9-8-23-6-4-3-5-7-23)21-33(26,16-27)31(44)40-12-10-28-24(18-40)14-25(17-39-28)34(35,36)37/h3-7,14,17,22,26-27,29H,8-13,15-16,18-21H2,1-2H3,(H,38,46)/t22?,26-,27+,29?,33-/m0/s1. The summed E-state index contributed by atoms with van der Waals surface area (Å²) in [6.45, 7) is 4.66. The van der Waals surface area contributed by atoms with Crippen molar-refractivity contribution < 1.29 is 27.5 Å². The van der Waals surface area contributed by atoms with E-state index in [0.29, 0.717) is 81.3 Å². The number of benzene rings is 1. The second kappa shape index (κ2) is 13.1. The third kappa shape index (κ3) is 6.34. The number of likely N-dealkylation sites (tertiary alicyclic amines) is 1. The molecule has 0 bridgehead atoms. The van der Waals surface area contributed by atoms with Gasteiger partial charge in [-0.15, -0.1) is 0 Å². The molecule has 1 saturated carbocycles. The van der Waals surface area contributed by atoms with Gasteiger partial charge in [0.1, 0.15) is 0 Å². The van der Waals surface area contributed by atoms with Gasteiger partial charge in [-0.05, 0) is 66.9 Å². The van der Waals surface area contributed by atoms with Crippen molar-refractivity contribution in [2.24, 2.45) is 17.3 Å². The van der Waals surface area contributed by atoms with E-state index < -0.39 is 17.2 Å². The number of hydrogen-bond donors (Lipinski definition) is 1. The summed E-state index contributed by atoms with van der Waals surface area (Å²) < 4.78 is 46.3. The average molecular weight is 658 g/mol. The van der Waals surface area contributed by atoms with Crippen LogP contribution < -0.4 is 5.32 Å². The van der Waals surface area contributed by atoms with Crippen molar-refractivity contribution in [1.29, 1.82) is 0 Å². The van der Waals surface area contributed by atoms with Crippen molar-refractivity contribution in [3.8, 4) is 0 Å². The number of fused-ring (bicyclic) bond motifs is 2. The maximum Gasteiger partial charge on any atom is 0.417 e. The molecule has 8 nitrogen and oxygen atoms in total. The number of carbonyl (C=O) groups excluding carboxylic acids is 2. The largest absolute Gasteiger partial charge is 0.417 e. The highest BCUT2D eigenvalue weighted by Gasteiger charge is 2.61. The van der Waals surface area contributed by atoms with Crippen LogP contribution in [0.3, 0.4) is 0 Å². The van der Waals surface area contributed by atoms with Gasteiger partial charge in [-0.2, -0.15) is 13.2 Å². The fourth-order valence-corrected chi connectivity index (χ4v) is 8.48. The van der Waals surface area contributed by atoms with Gasteiger partial charge < -0.3 is 24.8 Å². The number of carbonyl (C=O) groups is 2. The van der Waals surface area contributed by atoms with E-state index in [1.807, 2.05) is 42.3 Å². The molecule has 3 aliphatic heterocycles. The number of thiocarbonyl (C=S) groups is 1. The fourth-order valence-electron chi connectivity index (χ4n) is 8.19. The number of halogens is 3. The number of alkyl halides is 3. The van der Waals surface area contributed by atoms with Gasteiger partial charge in [0, 0.05) is 76.6 Å². The molecule has 1 aromatic heterocycles. The Morgan fingerprint density at radius 3 is 2.72 bits per heavy atom. The number of amides is 2. The Bertz CT molecular complexity index is 1460. The predicted molar refractivity (Wildman–Crippen MR) is 171 cm³/mol. The first-order valence-corrected chi connectivity index (χ1v) is 16.6. The van der Waals surface area contributed by atoms with E-state index in [4.69, 9.17) is 17.0 Å². The zero-order valence-corrected chi connectivity index (χ0v) is 27.2. The summed E-state index contributed by atoms with van der Waals surface area (Å²) in [4.78, 5) is 38.3. The first-order chi connectivity index (χ1) is 22.0. The molecule has 248 valence electrons. The smallest absolute Gasteiger partial charge is 0.381 e. The molecule has 3 fully saturated rings. The molecule has 0 radical (unpaired) electrons. The van der Waals surface area contributed by atoms with E-state index in [1.54, 1.807) is 4.90 Å². The van der Waals surface area contributed by atoms with Crippen LogP contribution in [-0.2, 0) is 39.9 Å². The van der Waals surface area contributed by atoms with Gasteiger partial charge in [0.15, 0.2) is 5.11 Å². The minimum Gasteiger partial charge on any atom is -0.381 e. The summed E-state index contributed by atoms with van der Waals surface area (Å²) >= 11 is 5.85. The van der Waals surface area contributed by atoms with Crippen molar-refractivity contribution >= 4 is 29.1 Å². The summed E-state index contributed by atoms with van der Waals surface area (Å²) in [5.74, 6) is 0.0866. The SMILES string of the molecule is CNC(=S)N(C1CCOCC1C)[C@@H]1C[C@H]2CN(C(=O)CCc3ccccc3)C[C@@]2(C(=O)N2CCc3ncc(C(F)(F)F)cc3C2)C1. The number of rotatable bonds is 6.